The number of hydrogen-bond donors (Lipinski definition) is 3. The molecule has 10 nitrogen and oxygen atoms in total. The van der Waals surface area contributed by atoms with E-state index in [1.807, 2.05) is 13.0 Å². The van der Waals surface area contributed by atoms with E-state index in [-0.39, 0.29) is 28.5 Å². The van der Waals surface area contributed by atoms with Crippen LogP contribution in [0.2, 0.25) is 0 Å². The van der Waals surface area contributed by atoms with Crippen molar-refractivity contribution < 1.29 is 23.7 Å². The van der Waals surface area contributed by atoms with Crippen LogP contribution >= 0.6 is 19.6 Å². The number of thioether (sulfide) groups is 1. The first-order valence-electron chi connectivity index (χ1n) is 10.0. The third-order valence-corrected chi connectivity index (χ3v) is 6.98. The number of nitriles is 2. The molecule has 0 radical (unpaired) electrons. The number of rotatable bonds is 8. The van der Waals surface area contributed by atoms with Crippen LogP contribution in [-0.4, -0.2) is 39.9 Å². The first kappa shape index (κ1) is 24.7. The number of nitrogens with zero attached hydrogens (tertiary/aromatic N) is 4. The van der Waals surface area contributed by atoms with E-state index in [4.69, 9.17) is 20.0 Å². The molecule has 0 aliphatic carbocycles. The van der Waals surface area contributed by atoms with Gasteiger partial charge >= 0.3 is 7.82 Å². The summed E-state index contributed by atoms with van der Waals surface area (Å²) in [7, 11) is -4.66. The molecule has 2 heterocycles. The van der Waals surface area contributed by atoms with Gasteiger partial charge in [0.2, 0.25) is 5.91 Å². The van der Waals surface area contributed by atoms with E-state index in [2.05, 4.69) is 17.1 Å². The highest BCUT2D eigenvalue weighted by Gasteiger charge is 2.33. The molecule has 1 aromatic heterocycles. The van der Waals surface area contributed by atoms with Crippen molar-refractivity contribution in [3.63, 3.8) is 0 Å². The fourth-order valence-corrected chi connectivity index (χ4v) is 5.35. The summed E-state index contributed by atoms with van der Waals surface area (Å²) in [6.45, 7) is 2.27. The van der Waals surface area contributed by atoms with Gasteiger partial charge in [0.1, 0.15) is 28.2 Å². The smallest absolute Gasteiger partial charge is 0.368 e. The maximum absolute atomic E-state index is 12.2. The summed E-state index contributed by atoms with van der Waals surface area (Å²) in [5.41, 5.74) is 7.21. The third-order valence-electron chi connectivity index (χ3n) is 5.15. The fraction of sp³-hybridized carbons (Fsp3) is 0.333. The zero-order valence-corrected chi connectivity index (χ0v) is 19.4. The molecule has 1 unspecified atom stereocenters. The average Bonchev–Trinajstić information content (AvgIpc) is 3.23. The number of carbonyl (C=O) groups is 1. The molecule has 172 valence electrons. The minimum Gasteiger partial charge on any atom is -0.368 e. The molecular formula is C21H22N5O5PS. The largest absolute Gasteiger partial charge is 0.469 e. The first-order chi connectivity index (χ1) is 15.7. The Morgan fingerprint density at radius 3 is 2.55 bits per heavy atom. The maximum atomic E-state index is 12.2. The zero-order chi connectivity index (χ0) is 24.2. The van der Waals surface area contributed by atoms with Crippen LogP contribution in [-0.2, 0) is 20.3 Å². The van der Waals surface area contributed by atoms with E-state index in [1.165, 1.54) is 0 Å². The van der Waals surface area contributed by atoms with Crippen molar-refractivity contribution in [3.05, 3.63) is 52.6 Å². The monoisotopic (exact) mass is 487 g/mol. The van der Waals surface area contributed by atoms with Crippen molar-refractivity contribution in [1.82, 2.24) is 4.98 Å². The standard InChI is InChI=1S/C21H22N5O5PS/c1-2-15-16(10-22)20(26-9-8-14(12-26)31-32(28,29)30)25-21(17(15)11-23)33-18(19(24)27)13-6-4-3-5-7-13/h3-7,14,18H,2,8-9,12H2,1H3,(H2,24,27)(H2,28,29,30)/t14?,18-/m0/s1. The lowest BCUT2D eigenvalue weighted by molar-refractivity contribution is -0.117. The summed E-state index contributed by atoms with van der Waals surface area (Å²) in [5.74, 6) is -0.318. The van der Waals surface area contributed by atoms with E-state index in [9.17, 15) is 19.9 Å². The summed E-state index contributed by atoms with van der Waals surface area (Å²) in [6, 6.07) is 13.1. The molecule has 4 N–H and O–H groups in total. The van der Waals surface area contributed by atoms with Gasteiger partial charge in [0.25, 0.3) is 0 Å². The molecular weight excluding hydrogens is 465 g/mol. The Morgan fingerprint density at radius 1 is 1.33 bits per heavy atom. The molecule has 2 atom stereocenters. The Hall–Kier alpha value is -2.92. The van der Waals surface area contributed by atoms with Crippen LogP contribution in [0.25, 0.3) is 0 Å². The van der Waals surface area contributed by atoms with Crippen LogP contribution in [0.15, 0.2) is 35.4 Å². The van der Waals surface area contributed by atoms with Crippen LogP contribution in [0.1, 0.15) is 40.8 Å². The number of pyridine rings is 1. The molecule has 0 spiro atoms. The number of anilines is 1. The Kier molecular flexibility index (Phi) is 7.75. The fourth-order valence-electron chi connectivity index (χ4n) is 3.73. The number of amides is 1. The molecule has 0 saturated carbocycles. The van der Waals surface area contributed by atoms with Gasteiger partial charge in [0.15, 0.2) is 0 Å². The second-order valence-electron chi connectivity index (χ2n) is 7.31. The summed E-state index contributed by atoms with van der Waals surface area (Å²) in [5, 5.41) is 19.1. The van der Waals surface area contributed by atoms with Gasteiger partial charge in [-0.05, 0) is 24.0 Å². The lowest BCUT2D eigenvalue weighted by Crippen LogP contribution is -2.25. The molecule has 1 saturated heterocycles. The van der Waals surface area contributed by atoms with Crippen molar-refractivity contribution in [2.24, 2.45) is 5.73 Å². The average molecular weight is 487 g/mol. The number of primary amides is 1. The highest BCUT2D eigenvalue weighted by Crippen LogP contribution is 2.42. The van der Waals surface area contributed by atoms with Crippen molar-refractivity contribution >= 4 is 31.3 Å². The van der Waals surface area contributed by atoms with Crippen LogP contribution in [0.4, 0.5) is 5.82 Å². The number of benzene rings is 1. The second-order valence-corrected chi connectivity index (χ2v) is 9.60. The Bertz CT molecular complexity index is 1170. The number of hydrogen-bond acceptors (Lipinski definition) is 8. The van der Waals surface area contributed by atoms with E-state index < -0.39 is 25.1 Å². The van der Waals surface area contributed by atoms with Crippen molar-refractivity contribution in [2.45, 2.75) is 36.1 Å². The van der Waals surface area contributed by atoms with Crippen molar-refractivity contribution in [2.75, 3.05) is 18.0 Å². The summed E-state index contributed by atoms with van der Waals surface area (Å²) in [4.78, 5) is 36.7. The molecule has 1 aliphatic rings. The molecule has 3 rings (SSSR count). The second kappa shape index (κ2) is 10.3. The van der Waals surface area contributed by atoms with E-state index >= 15 is 0 Å². The summed E-state index contributed by atoms with van der Waals surface area (Å²) >= 11 is 1.03. The predicted octanol–water partition coefficient (Wildman–Crippen LogP) is 2.39. The molecule has 2 aromatic rings. The van der Waals surface area contributed by atoms with E-state index in [0.29, 0.717) is 30.5 Å². The number of phosphoric ester groups is 1. The van der Waals surface area contributed by atoms with Crippen molar-refractivity contribution in [3.8, 4) is 12.1 Å². The molecule has 1 aliphatic heterocycles. The summed E-state index contributed by atoms with van der Waals surface area (Å²) < 4.78 is 16.0. The van der Waals surface area contributed by atoms with Crippen LogP contribution in [0.5, 0.6) is 0 Å². The van der Waals surface area contributed by atoms with Gasteiger partial charge < -0.3 is 20.4 Å². The first-order valence-corrected chi connectivity index (χ1v) is 12.5. The zero-order valence-electron chi connectivity index (χ0n) is 17.7. The quantitative estimate of drug-likeness (QED) is 0.370. The highest BCUT2D eigenvalue weighted by molar-refractivity contribution is 8.00. The lowest BCUT2D eigenvalue weighted by atomic mass is 10.0. The number of carbonyl (C=O) groups excluding carboxylic acids is 1. The van der Waals surface area contributed by atoms with E-state index in [1.54, 1.807) is 29.2 Å². The van der Waals surface area contributed by atoms with Gasteiger partial charge in [0.05, 0.1) is 17.2 Å². The van der Waals surface area contributed by atoms with Gasteiger partial charge in [0, 0.05) is 13.1 Å². The Balaban J connectivity index is 2.06. The van der Waals surface area contributed by atoms with Gasteiger partial charge in [-0.15, -0.1) is 0 Å². The third kappa shape index (κ3) is 5.72. The molecule has 1 aromatic carbocycles. The van der Waals surface area contributed by atoms with Gasteiger partial charge in [-0.3, -0.25) is 9.32 Å². The number of nitrogens with two attached hydrogens (primary N) is 1. The van der Waals surface area contributed by atoms with E-state index in [0.717, 1.165) is 11.8 Å². The minimum absolute atomic E-state index is 0.115. The van der Waals surface area contributed by atoms with Gasteiger partial charge in [-0.25, -0.2) is 9.55 Å². The SMILES string of the molecule is CCc1c(C#N)c(S[C@H](C(N)=O)c2ccccc2)nc(N2CCC(OP(=O)(O)O)C2)c1C#N. The molecule has 1 amide bonds. The lowest BCUT2D eigenvalue weighted by Gasteiger charge is -2.23. The molecule has 1 fully saturated rings. The minimum atomic E-state index is -4.66. The van der Waals surface area contributed by atoms with Crippen LogP contribution < -0.4 is 10.6 Å². The molecule has 33 heavy (non-hydrogen) atoms. The highest BCUT2D eigenvalue weighted by atomic mass is 32.2. The topological polar surface area (TPSA) is 174 Å². The maximum Gasteiger partial charge on any atom is 0.469 e. The molecule has 0 bridgehead atoms. The number of phosphoric acid groups is 1. The van der Waals surface area contributed by atoms with Gasteiger partial charge in [-0.2, -0.15) is 10.5 Å². The number of aromatic nitrogens is 1. The van der Waals surface area contributed by atoms with Crippen LogP contribution in [0.3, 0.4) is 0 Å². The Morgan fingerprint density at radius 2 is 2.00 bits per heavy atom. The normalized spacial score (nSPS) is 16.8. The van der Waals surface area contributed by atoms with Crippen LogP contribution in [0, 0.1) is 22.7 Å². The van der Waals surface area contributed by atoms with Crippen molar-refractivity contribution in [1.29, 1.82) is 10.5 Å². The predicted molar refractivity (Wildman–Crippen MR) is 121 cm³/mol. The molecule has 12 heteroatoms. The van der Waals surface area contributed by atoms with Gasteiger partial charge in [-0.1, -0.05) is 49.0 Å². The summed E-state index contributed by atoms with van der Waals surface area (Å²) in [6.07, 6.45) is -0.0357. The Labute approximate surface area is 195 Å².